The molecule has 148 valence electrons. The van der Waals surface area contributed by atoms with Gasteiger partial charge < -0.3 is 4.42 Å². The van der Waals surface area contributed by atoms with Crippen molar-refractivity contribution in [2.24, 2.45) is 0 Å². The molecule has 0 spiro atoms. The number of imidazole rings is 1. The largest absolute Gasteiger partial charge is 0.457 e. The van der Waals surface area contributed by atoms with Crippen LogP contribution in [-0.2, 0) is 0 Å². The van der Waals surface area contributed by atoms with E-state index in [4.69, 9.17) is 4.42 Å². The molecule has 5 aromatic rings. The van der Waals surface area contributed by atoms with Crippen molar-refractivity contribution >= 4 is 39.1 Å². The molecule has 30 heavy (non-hydrogen) atoms. The topological polar surface area (TPSA) is 90.7 Å². The van der Waals surface area contributed by atoms with Crippen LogP contribution >= 0.6 is 11.3 Å². The first-order valence-electron chi connectivity index (χ1n) is 9.19. The van der Waals surface area contributed by atoms with Gasteiger partial charge in [-0.2, -0.15) is 0 Å². The number of rotatable bonds is 3. The Morgan fingerprint density at radius 1 is 1.17 bits per heavy atom. The van der Waals surface area contributed by atoms with E-state index in [1.165, 1.54) is 23.5 Å². The molecule has 0 atom stereocenters. The third kappa shape index (κ3) is 2.89. The predicted octanol–water partition coefficient (Wildman–Crippen LogP) is 4.24. The van der Waals surface area contributed by atoms with Crippen molar-refractivity contribution in [3.63, 3.8) is 0 Å². The number of aromatic nitrogens is 2. The monoisotopic (exact) mass is 417 g/mol. The lowest BCUT2D eigenvalue weighted by molar-refractivity contribution is -0.384. The highest BCUT2D eigenvalue weighted by Crippen LogP contribution is 2.26. The first-order chi connectivity index (χ1) is 14.4. The van der Waals surface area contributed by atoms with E-state index in [9.17, 15) is 14.9 Å². The number of hydrogen-bond acceptors (Lipinski definition) is 6. The van der Waals surface area contributed by atoms with E-state index >= 15 is 0 Å². The molecule has 3 heterocycles. The van der Waals surface area contributed by atoms with Crippen LogP contribution < -0.4 is 10.1 Å². The molecule has 3 aromatic heterocycles. The fourth-order valence-corrected chi connectivity index (χ4v) is 4.56. The minimum Gasteiger partial charge on any atom is -0.457 e. The van der Waals surface area contributed by atoms with Crippen LogP contribution in [0.2, 0.25) is 0 Å². The lowest BCUT2D eigenvalue weighted by Crippen LogP contribution is -2.22. The standard InChI is InChI=1S/C22H15N3O4S/c1-12-8-13(2)20-17(9-12)24-21(26)19(30-22(24)23-20)11-16-6-7-18(29-16)14-4-3-5-15(10-14)25(27)28/h3-11H,1-2H3. The maximum atomic E-state index is 13.0. The zero-order valence-corrected chi connectivity index (χ0v) is 16.9. The molecule has 0 unspecified atom stereocenters. The number of nitrogens with zero attached hydrogens (tertiary/aromatic N) is 3. The SMILES string of the molecule is Cc1cc(C)c2nc3sc(=Cc4ccc(-c5cccc([N+](=O)[O-])c5)o4)c(=O)n3c2c1. The van der Waals surface area contributed by atoms with Gasteiger partial charge in [0.15, 0.2) is 4.96 Å². The Bertz CT molecular complexity index is 1580. The van der Waals surface area contributed by atoms with Gasteiger partial charge in [-0.25, -0.2) is 9.38 Å². The van der Waals surface area contributed by atoms with Crippen molar-refractivity contribution in [3.05, 3.63) is 90.4 Å². The molecule has 0 aliphatic heterocycles. The lowest BCUT2D eigenvalue weighted by atomic mass is 10.1. The Hall–Kier alpha value is -3.78. The van der Waals surface area contributed by atoms with Gasteiger partial charge in [0.05, 0.1) is 16.0 Å². The Balaban J connectivity index is 1.61. The number of benzene rings is 2. The molecule has 0 saturated carbocycles. The summed E-state index contributed by atoms with van der Waals surface area (Å²) in [6, 6.07) is 13.7. The minimum absolute atomic E-state index is 0.00628. The van der Waals surface area contributed by atoms with Crippen LogP contribution in [0.3, 0.4) is 0 Å². The van der Waals surface area contributed by atoms with Gasteiger partial charge in [-0.1, -0.05) is 29.5 Å². The molecule has 0 fully saturated rings. The average Bonchev–Trinajstić information content (AvgIpc) is 3.39. The third-order valence-electron chi connectivity index (χ3n) is 4.92. The number of furan rings is 1. The third-order valence-corrected chi connectivity index (χ3v) is 5.89. The van der Waals surface area contributed by atoms with Gasteiger partial charge in [-0.05, 0) is 43.2 Å². The van der Waals surface area contributed by atoms with Crippen LogP contribution in [0.1, 0.15) is 16.9 Å². The molecule has 2 aromatic carbocycles. The summed E-state index contributed by atoms with van der Waals surface area (Å²) >= 11 is 1.30. The van der Waals surface area contributed by atoms with Crippen molar-refractivity contribution in [1.29, 1.82) is 0 Å². The lowest BCUT2D eigenvalue weighted by Gasteiger charge is -1.97. The number of thiazole rings is 1. The highest BCUT2D eigenvalue weighted by atomic mass is 32.1. The van der Waals surface area contributed by atoms with Crippen molar-refractivity contribution in [2.75, 3.05) is 0 Å². The highest BCUT2D eigenvalue weighted by Gasteiger charge is 2.14. The van der Waals surface area contributed by atoms with Crippen LogP contribution in [0.4, 0.5) is 5.69 Å². The van der Waals surface area contributed by atoms with Gasteiger partial charge in [0.2, 0.25) is 0 Å². The molecule has 7 nitrogen and oxygen atoms in total. The van der Waals surface area contributed by atoms with Crippen LogP contribution in [0.15, 0.2) is 57.7 Å². The smallest absolute Gasteiger partial charge is 0.275 e. The number of hydrogen-bond donors (Lipinski definition) is 0. The summed E-state index contributed by atoms with van der Waals surface area (Å²) in [6.07, 6.45) is 1.68. The Labute approximate surface area is 173 Å². The van der Waals surface area contributed by atoms with Crippen molar-refractivity contribution < 1.29 is 9.34 Å². The fraction of sp³-hybridized carbons (Fsp3) is 0.0909. The van der Waals surface area contributed by atoms with E-state index in [2.05, 4.69) is 11.1 Å². The first kappa shape index (κ1) is 18.3. The summed E-state index contributed by atoms with van der Waals surface area (Å²) in [5.41, 5.74) is 4.21. The molecular weight excluding hydrogens is 402 g/mol. The number of nitro groups is 1. The first-order valence-corrected chi connectivity index (χ1v) is 10.0. The van der Waals surface area contributed by atoms with Crippen LogP contribution in [0.5, 0.6) is 0 Å². The maximum Gasteiger partial charge on any atom is 0.275 e. The van der Waals surface area contributed by atoms with E-state index in [1.807, 2.05) is 19.9 Å². The van der Waals surface area contributed by atoms with E-state index in [0.29, 0.717) is 26.6 Å². The highest BCUT2D eigenvalue weighted by molar-refractivity contribution is 7.15. The molecule has 8 heteroatoms. The van der Waals surface area contributed by atoms with Crippen molar-refractivity contribution in [2.45, 2.75) is 13.8 Å². The number of nitro benzene ring substituents is 1. The second-order valence-electron chi connectivity index (χ2n) is 7.10. The number of aryl methyl sites for hydroxylation is 2. The van der Waals surface area contributed by atoms with E-state index in [-0.39, 0.29) is 11.2 Å². The molecular formula is C22H15N3O4S. The van der Waals surface area contributed by atoms with Gasteiger partial charge in [0.1, 0.15) is 16.1 Å². The summed E-state index contributed by atoms with van der Waals surface area (Å²) in [5, 5.41) is 11.0. The Kier molecular flexibility index (Phi) is 4.04. The van der Waals surface area contributed by atoms with Gasteiger partial charge in [-0.15, -0.1) is 0 Å². The summed E-state index contributed by atoms with van der Waals surface area (Å²) < 4.78 is 7.97. The zero-order chi connectivity index (χ0) is 21.0. The molecule has 0 aliphatic rings. The van der Waals surface area contributed by atoms with Gasteiger partial charge >= 0.3 is 0 Å². The predicted molar refractivity (Wildman–Crippen MR) is 116 cm³/mol. The average molecular weight is 417 g/mol. The summed E-state index contributed by atoms with van der Waals surface area (Å²) in [6.45, 7) is 3.98. The Morgan fingerprint density at radius 3 is 2.80 bits per heavy atom. The molecule has 0 aliphatic carbocycles. The molecule has 0 radical (unpaired) electrons. The summed E-state index contributed by atoms with van der Waals surface area (Å²) in [4.78, 5) is 28.8. The van der Waals surface area contributed by atoms with Crippen LogP contribution in [0, 0.1) is 24.0 Å². The van der Waals surface area contributed by atoms with Gasteiger partial charge in [0, 0.05) is 23.8 Å². The molecule has 0 bridgehead atoms. The molecule has 0 amide bonds. The zero-order valence-electron chi connectivity index (χ0n) is 16.1. The second kappa shape index (κ2) is 6.64. The summed E-state index contributed by atoms with van der Waals surface area (Å²) in [5.74, 6) is 0.991. The van der Waals surface area contributed by atoms with Crippen LogP contribution in [0.25, 0.3) is 33.4 Å². The van der Waals surface area contributed by atoms with E-state index < -0.39 is 4.92 Å². The molecule has 5 rings (SSSR count). The van der Waals surface area contributed by atoms with E-state index in [0.717, 1.165) is 22.2 Å². The Morgan fingerprint density at radius 2 is 2.00 bits per heavy atom. The van der Waals surface area contributed by atoms with Crippen molar-refractivity contribution in [3.8, 4) is 11.3 Å². The normalized spacial score (nSPS) is 12.3. The van der Waals surface area contributed by atoms with Gasteiger partial charge in [0.25, 0.3) is 11.2 Å². The number of fused-ring (bicyclic) bond motifs is 3. The number of non-ortho nitro benzene ring substituents is 1. The molecule has 0 saturated heterocycles. The van der Waals surface area contributed by atoms with Crippen molar-refractivity contribution in [1.82, 2.24) is 9.38 Å². The maximum absolute atomic E-state index is 13.0. The van der Waals surface area contributed by atoms with Gasteiger partial charge in [-0.3, -0.25) is 14.9 Å². The fourth-order valence-electron chi connectivity index (χ4n) is 3.60. The molecule has 0 N–H and O–H groups in total. The van der Waals surface area contributed by atoms with E-state index in [1.54, 1.807) is 34.7 Å². The minimum atomic E-state index is -0.446. The quantitative estimate of drug-likeness (QED) is 0.323. The van der Waals surface area contributed by atoms with Crippen LogP contribution in [-0.4, -0.2) is 14.3 Å². The second-order valence-corrected chi connectivity index (χ2v) is 8.11. The summed E-state index contributed by atoms with van der Waals surface area (Å²) in [7, 11) is 0.